The number of halogens is 1. The molecule has 1 fully saturated rings. The molecule has 0 radical (unpaired) electrons. The van der Waals surface area contributed by atoms with Crippen molar-refractivity contribution in [3.8, 4) is 5.75 Å². The molecule has 1 heterocycles. The van der Waals surface area contributed by atoms with Gasteiger partial charge in [-0.3, -0.25) is 0 Å². The van der Waals surface area contributed by atoms with Crippen LogP contribution in [0.25, 0.3) is 0 Å². The molecular formula is C15H18ClN3O2. The average molecular weight is 308 g/mol. The van der Waals surface area contributed by atoms with Crippen LogP contribution < -0.4 is 10.1 Å². The van der Waals surface area contributed by atoms with Crippen molar-refractivity contribution in [2.24, 2.45) is 0 Å². The van der Waals surface area contributed by atoms with Crippen LogP contribution >= 0.6 is 11.6 Å². The lowest BCUT2D eigenvalue weighted by Gasteiger charge is -2.10. The molecule has 0 amide bonds. The average Bonchev–Trinajstić information content (AvgIpc) is 3.23. The van der Waals surface area contributed by atoms with E-state index in [1.807, 2.05) is 18.2 Å². The number of hydrogen-bond donors (Lipinski definition) is 1. The summed E-state index contributed by atoms with van der Waals surface area (Å²) < 4.78 is 11.0. The van der Waals surface area contributed by atoms with E-state index in [9.17, 15) is 0 Å². The first-order valence-electron chi connectivity index (χ1n) is 7.20. The van der Waals surface area contributed by atoms with Crippen LogP contribution in [-0.4, -0.2) is 16.7 Å². The molecule has 0 unspecified atom stereocenters. The second kappa shape index (κ2) is 6.45. The molecule has 3 rings (SSSR count). The van der Waals surface area contributed by atoms with Gasteiger partial charge in [0.05, 0.1) is 0 Å². The van der Waals surface area contributed by atoms with E-state index in [2.05, 4.69) is 22.4 Å². The Labute approximate surface area is 128 Å². The molecule has 1 aromatic heterocycles. The highest BCUT2D eigenvalue weighted by molar-refractivity contribution is 6.30. The zero-order chi connectivity index (χ0) is 14.7. The lowest BCUT2D eigenvalue weighted by atomic mass is 10.2. The standard InChI is InChI=1S/C15H18ClN3O2/c1-2-17-8-11-7-12(16)5-6-13(11)20-9-14-18-15(19-21-14)10-3-4-10/h5-7,10,17H,2-4,8-9H2,1H3. The molecule has 6 heteroatoms. The highest BCUT2D eigenvalue weighted by Crippen LogP contribution is 2.38. The highest BCUT2D eigenvalue weighted by Gasteiger charge is 2.28. The number of nitrogens with one attached hydrogen (secondary N) is 1. The summed E-state index contributed by atoms with van der Waals surface area (Å²) in [5, 5.41) is 7.94. The van der Waals surface area contributed by atoms with E-state index in [0.29, 0.717) is 23.4 Å². The topological polar surface area (TPSA) is 60.2 Å². The van der Waals surface area contributed by atoms with Crippen LogP contribution in [0.3, 0.4) is 0 Å². The van der Waals surface area contributed by atoms with E-state index in [0.717, 1.165) is 36.5 Å². The molecule has 0 atom stereocenters. The molecular weight excluding hydrogens is 290 g/mol. The third-order valence-corrected chi connectivity index (χ3v) is 3.60. The number of aromatic nitrogens is 2. The molecule has 5 nitrogen and oxygen atoms in total. The second-order valence-corrected chi connectivity index (χ2v) is 5.58. The quantitative estimate of drug-likeness (QED) is 0.850. The van der Waals surface area contributed by atoms with Gasteiger partial charge >= 0.3 is 0 Å². The van der Waals surface area contributed by atoms with E-state index in [1.54, 1.807) is 0 Å². The molecule has 1 aliphatic carbocycles. The fourth-order valence-corrected chi connectivity index (χ4v) is 2.25. The van der Waals surface area contributed by atoms with Crippen molar-refractivity contribution < 1.29 is 9.26 Å². The van der Waals surface area contributed by atoms with Crippen LogP contribution in [0.1, 0.15) is 43.0 Å². The maximum absolute atomic E-state index is 6.03. The molecule has 0 aliphatic heterocycles. The fourth-order valence-electron chi connectivity index (χ4n) is 2.06. The van der Waals surface area contributed by atoms with Crippen LogP contribution in [-0.2, 0) is 13.2 Å². The molecule has 0 saturated heterocycles. The van der Waals surface area contributed by atoms with Crippen molar-refractivity contribution in [2.75, 3.05) is 6.54 Å². The summed E-state index contributed by atoms with van der Waals surface area (Å²) in [7, 11) is 0. The summed E-state index contributed by atoms with van der Waals surface area (Å²) in [4.78, 5) is 4.35. The first-order valence-corrected chi connectivity index (χ1v) is 7.58. The Morgan fingerprint density at radius 2 is 2.29 bits per heavy atom. The highest BCUT2D eigenvalue weighted by atomic mass is 35.5. The van der Waals surface area contributed by atoms with E-state index in [-0.39, 0.29) is 6.61 Å². The molecule has 2 aromatic rings. The Kier molecular flexibility index (Phi) is 4.41. The number of rotatable bonds is 7. The van der Waals surface area contributed by atoms with Crippen LogP contribution in [0.5, 0.6) is 5.75 Å². The summed E-state index contributed by atoms with van der Waals surface area (Å²) >= 11 is 6.03. The van der Waals surface area contributed by atoms with Gasteiger partial charge in [0.1, 0.15) is 5.75 Å². The van der Waals surface area contributed by atoms with E-state index >= 15 is 0 Å². The monoisotopic (exact) mass is 307 g/mol. The van der Waals surface area contributed by atoms with Crippen LogP contribution in [0, 0.1) is 0 Å². The summed E-state index contributed by atoms with van der Waals surface area (Å²) in [5.74, 6) is 2.59. The SMILES string of the molecule is CCNCc1cc(Cl)ccc1OCc1nc(C2CC2)no1. The molecule has 1 saturated carbocycles. The maximum Gasteiger partial charge on any atom is 0.264 e. The van der Waals surface area contributed by atoms with Gasteiger partial charge in [-0.15, -0.1) is 0 Å². The van der Waals surface area contributed by atoms with E-state index in [4.69, 9.17) is 20.9 Å². The summed E-state index contributed by atoms with van der Waals surface area (Å²) in [6.07, 6.45) is 2.31. The molecule has 1 aromatic carbocycles. The van der Waals surface area contributed by atoms with Crippen molar-refractivity contribution in [3.05, 3.63) is 40.5 Å². The Morgan fingerprint density at radius 3 is 3.05 bits per heavy atom. The third-order valence-electron chi connectivity index (χ3n) is 3.37. The van der Waals surface area contributed by atoms with Crippen molar-refractivity contribution in [1.29, 1.82) is 0 Å². The first kappa shape index (κ1) is 14.4. The van der Waals surface area contributed by atoms with Gasteiger partial charge in [-0.25, -0.2) is 0 Å². The summed E-state index contributed by atoms with van der Waals surface area (Å²) in [5.41, 5.74) is 1.02. The Hall–Kier alpha value is -1.59. The zero-order valence-electron chi connectivity index (χ0n) is 11.9. The smallest absolute Gasteiger partial charge is 0.264 e. The Balaban J connectivity index is 1.65. The molecule has 1 aliphatic rings. The van der Waals surface area contributed by atoms with Crippen LogP contribution in [0.15, 0.2) is 22.7 Å². The van der Waals surface area contributed by atoms with Crippen molar-refractivity contribution in [2.45, 2.75) is 38.8 Å². The number of ether oxygens (including phenoxy) is 1. The van der Waals surface area contributed by atoms with Gasteiger partial charge in [0.25, 0.3) is 5.89 Å². The Morgan fingerprint density at radius 1 is 1.43 bits per heavy atom. The molecule has 0 bridgehead atoms. The molecule has 1 N–H and O–H groups in total. The predicted octanol–water partition coefficient (Wildman–Crippen LogP) is 3.29. The summed E-state index contributed by atoms with van der Waals surface area (Å²) in [6.45, 7) is 3.94. The Bertz CT molecular complexity index is 611. The van der Waals surface area contributed by atoms with Crippen molar-refractivity contribution in [3.63, 3.8) is 0 Å². The number of hydrogen-bond acceptors (Lipinski definition) is 5. The van der Waals surface area contributed by atoms with E-state index < -0.39 is 0 Å². The molecule has 0 spiro atoms. The lowest BCUT2D eigenvalue weighted by molar-refractivity contribution is 0.240. The van der Waals surface area contributed by atoms with Gasteiger partial charge in [0.2, 0.25) is 0 Å². The third kappa shape index (κ3) is 3.74. The van der Waals surface area contributed by atoms with Crippen LogP contribution in [0.2, 0.25) is 5.02 Å². The minimum Gasteiger partial charge on any atom is -0.483 e. The normalized spacial score (nSPS) is 14.4. The lowest BCUT2D eigenvalue weighted by Crippen LogP contribution is -2.13. The number of benzene rings is 1. The van der Waals surface area contributed by atoms with E-state index in [1.165, 1.54) is 0 Å². The minimum atomic E-state index is 0.278. The van der Waals surface area contributed by atoms with Gasteiger partial charge in [-0.05, 0) is 37.6 Å². The largest absolute Gasteiger partial charge is 0.483 e. The summed E-state index contributed by atoms with van der Waals surface area (Å²) in [6, 6.07) is 5.59. The predicted molar refractivity (Wildman–Crippen MR) is 79.4 cm³/mol. The van der Waals surface area contributed by atoms with Gasteiger partial charge in [0, 0.05) is 23.0 Å². The van der Waals surface area contributed by atoms with Gasteiger partial charge in [0.15, 0.2) is 12.4 Å². The van der Waals surface area contributed by atoms with Gasteiger partial charge < -0.3 is 14.6 Å². The van der Waals surface area contributed by atoms with Crippen molar-refractivity contribution in [1.82, 2.24) is 15.5 Å². The first-order chi connectivity index (χ1) is 10.3. The zero-order valence-corrected chi connectivity index (χ0v) is 12.7. The van der Waals surface area contributed by atoms with Gasteiger partial charge in [-0.1, -0.05) is 23.7 Å². The van der Waals surface area contributed by atoms with Crippen molar-refractivity contribution >= 4 is 11.6 Å². The van der Waals surface area contributed by atoms with Gasteiger partial charge in [-0.2, -0.15) is 4.98 Å². The van der Waals surface area contributed by atoms with Crippen LogP contribution in [0.4, 0.5) is 0 Å². The molecule has 112 valence electrons. The maximum atomic E-state index is 6.03. The molecule has 21 heavy (non-hydrogen) atoms. The number of nitrogens with zero attached hydrogens (tertiary/aromatic N) is 2. The fraction of sp³-hybridized carbons (Fsp3) is 0.467. The minimum absolute atomic E-state index is 0.278. The second-order valence-electron chi connectivity index (χ2n) is 5.14.